The van der Waals surface area contributed by atoms with E-state index in [4.69, 9.17) is 9.47 Å². The van der Waals surface area contributed by atoms with Crippen LogP contribution in [0.15, 0.2) is 34.4 Å². The number of ether oxygens (including phenoxy) is 2. The first kappa shape index (κ1) is 16.3. The predicted octanol–water partition coefficient (Wildman–Crippen LogP) is 2.49. The number of aromatic nitrogens is 2. The minimum Gasteiger partial charge on any atom is -0.496 e. The minimum absolute atomic E-state index is 0.101. The normalized spacial score (nSPS) is 15.6. The summed E-state index contributed by atoms with van der Waals surface area (Å²) >= 11 is 1.49. The van der Waals surface area contributed by atoms with Crippen molar-refractivity contribution in [2.45, 2.75) is 6.54 Å². The smallest absolute Gasteiger partial charge is 0.260 e. The third-order valence-corrected chi connectivity index (χ3v) is 5.24. The maximum atomic E-state index is 12.7. The molecule has 3 aromatic rings. The van der Waals surface area contributed by atoms with Crippen LogP contribution in [0, 0.1) is 0 Å². The van der Waals surface area contributed by atoms with E-state index in [2.05, 4.69) is 14.9 Å². The molecule has 1 aromatic carbocycles. The van der Waals surface area contributed by atoms with Gasteiger partial charge in [-0.25, -0.2) is 4.98 Å². The zero-order chi connectivity index (χ0) is 17.2. The molecule has 130 valence electrons. The molecule has 6 nitrogen and oxygen atoms in total. The number of para-hydroxylation sites is 1. The molecule has 0 aliphatic carbocycles. The van der Waals surface area contributed by atoms with Crippen molar-refractivity contribution < 1.29 is 9.47 Å². The van der Waals surface area contributed by atoms with Crippen molar-refractivity contribution in [3.8, 4) is 16.9 Å². The number of benzene rings is 1. The van der Waals surface area contributed by atoms with Crippen LogP contribution in [-0.4, -0.2) is 48.3 Å². The van der Waals surface area contributed by atoms with Crippen molar-refractivity contribution in [3.05, 3.63) is 45.8 Å². The monoisotopic (exact) mass is 357 g/mol. The van der Waals surface area contributed by atoms with Crippen LogP contribution < -0.4 is 10.3 Å². The molecule has 4 rings (SSSR count). The topological polar surface area (TPSA) is 67.5 Å². The lowest BCUT2D eigenvalue weighted by Crippen LogP contribution is -2.36. The van der Waals surface area contributed by atoms with E-state index in [9.17, 15) is 4.79 Å². The summed E-state index contributed by atoms with van der Waals surface area (Å²) in [6, 6.07) is 7.71. The van der Waals surface area contributed by atoms with Crippen LogP contribution in [0.3, 0.4) is 0 Å². The average molecular weight is 357 g/mol. The summed E-state index contributed by atoms with van der Waals surface area (Å²) in [5, 5.41) is 2.60. The van der Waals surface area contributed by atoms with E-state index < -0.39 is 0 Å². The maximum Gasteiger partial charge on any atom is 0.260 e. The number of nitrogens with zero attached hydrogens (tertiary/aromatic N) is 2. The zero-order valence-corrected chi connectivity index (χ0v) is 14.8. The van der Waals surface area contributed by atoms with Gasteiger partial charge in [-0.1, -0.05) is 18.2 Å². The third-order valence-electron chi connectivity index (χ3n) is 4.37. The highest BCUT2D eigenvalue weighted by molar-refractivity contribution is 7.17. The lowest BCUT2D eigenvalue weighted by atomic mass is 10.1. The lowest BCUT2D eigenvalue weighted by molar-refractivity contribution is 0.0331. The summed E-state index contributed by atoms with van der Waals surface area (Å²) in [5.41, 5.74) is 1.67. The standard InChI is InChI=1S/C18H19N3O3S/c1-23-14-5-3-2-4-12(14)13-11-25-18-16(13)17(22)19-15(20-18)10-21-6-8-24-9-7-21/h2-5,11H,6-10H2,1H3,(H,19,20,22). The Kier molecular flexibility index (Phi) is 4.52. The highest BCUT2D eigenvalue weighted by Gasteiger charge is 2.17. The second kappa shape index (κ2) is 6.95. The Hall–Kier alpha value is -2.22. The first-order valence-corrected chi connectivity index (χ1v) is 9.08. The molecule has 0 unspecified atom stereocenters. The van der Waals surface area contributed by atoms with E-state index in [0.29, 0.717) is 17.8 Å². The molecule has 0 bridgehead atoms. The van der Waals surface area contributed by atoms with Gasteiger partial charge in [0.2, 0.25) is 0 Å². The van der Waals surface area contributed by atoms with Gasteiger partial charge in [0.15, 0.2) is 0 Å². The molecule has 1 N–H and O–H groups in total. The Labute approximate surface area is 149 Å². The van der Waals surface area contributed by atoms with Crippen LogP contribution in [0.4, 0.5) is 0 Å². The number of morpholine rings is 1. The fraction of sp³-hybridized carbons (Fsp3) is 0.333. The van der Waals surface area contributed by atoms with Gasteiger partial charge in [0.1, 0.15) is 16.4 Å². The summed E-state index contributed by atoms with van der Waals surface area (Å²) in [6.45, 7) is 3.81. The van der Waals surface area contributed by atoms with Gasteiger partial charge in [-0.15, -0.1) is 11.3 Å². The van der Waals surface area contributed by atoms with Crippen molar-refractivity contribution in [2.75, 3.05) is 33.4 Å². The van der Waals surface area contributed by atoms with E-state index in [1.54, 1.807) is 7.11 Å². The number of fused-ring (bicyclic) bond motifs is 1. The van der Waals surface area contributed by atoms with E-state index in [1.165, 1.54) is 11.3 Å². The molecule has 2 aromatic heterocycles. The van der Waals surface area contributed by atoms with Gasteiger partial charge >= 0.3 is 0 Å². The number of nitrogens with one attached hydrogen (secondary N) is 1. The van der Waals surface area contributed by atoms with Gasteiger partial charge in [0, 0.05) is 29.6 Å². The predicted molar refractivity (Wildman–Crippen MR) is 98.3 cm³/mol. The second-order valence-electron chi connectivity index (χ2n) is 5.93. The number of H-pyrrole nitrogens is 1. The Morgan fingerprint density at radius 1 is 1.28 bits per heavy atom. The Morgan fingerprint density at radius 3 is 2.88 bits per heavy atom. The third kappa shape index (κ3) is 3.18. The van der Waals surface area contributed by atoms with Crippen LogP contribution in [0.2, 0.25) is 0 Å². The molecule has 0 saturated carbocycles. The zero-order valence-electron chi connectivity index (χ0n) is 13.9. The summed E-state index contributed by atoms with van der Waals surface area (Å²) in [4.78, 5) is 23.3. The van der Waals surface area contributed by atoms with Crippen molar-refractivity contribution in [1.82, 2.24) is 14.9 Å². The molecule has 1 saturated heterocycles. The molecule has 25 heavy (non-hydrogen) atoms. The molecule has 0 radical (unpaired) electrons. The average Bonchev–Trinajstić information content (AvgIpc) is 3.07. The number of hydrogen-bond donors (Lipinski definition) is 1. The largest absolute Gasteiger partial charge is 0.496 e. The highest BCUT2D eigenvalue weighted by Crippen LogP contribution is 2.36. The molecule has 1 aliphatic heterocycles. The molecule has 1 aliphatic rings. The van der Waals surface area contributed by atoms with Gasteiger partial charge in [-0.05, 0) is 6.07 Å². The summed E-state index contributed by atoms with van der Waals surface area (Å²) in [5.74, 6) is 1.45. The van der Waals surface area contributed by atoms with Crippen molar-refractivity contribution >= 4 is 21.6 Å². The Balaban J connectivity index is 1.73. The van der Waals surface area contributed by atoms with Crippen LogP contribution in [0.5, 0.6) is 5.75 Å². The van der Waals surface area contributed by atoms with Crippen molar-refractivity contribution in [1.29, 1.82) is 0 Å². The number of thiophene rings is 1. The maximum absolute atomic E-state index is 12.7. The molecule has 3 heterocycles. The second-order valence-corrected chi connectivity index (χ2v) is 6.79. The van der Waals surface area contributed by atoms with Gasteiger partial charge in [0.25, 0.3) is 5.56 Å². The lowest BCUT2D eigenvalue weighted by Gasteiger charge is -2.25. The first-order valence-electron chi connectivity index (χ1n) is 8.20. The molecule has 0 atom stereocenters. The molecule has 1 fully saturated rings. The van der Waals surface area contributed by atoms with Crippen LogP contribution >= 0.6 is 11.3 Å². The number of aromatic amines is 1. The quantitative estimate of drug-likeness (QED) is 0.777. The van der Waals surface area contributed by atoms with Crippen molar-refractivity contribution in [3.63, 3.8) is 0 Å². The molecule has 7 heteroatoms. The number of hydrogen-bond acceptors (Lipinski definition) is 6. The summed E-state index contributed by atoms with van der Waals surface area (Å²) in [7, 11) is 1.64. The fourth-order valence-corrected chi connectivity index (χ4v) is 4.06. The Bertz CT molecular complexity index is 944. The highest BCUT2D eigenvalue weighted by atomic mass is 32.1. The molecule has 0 spiro atoms. The van der Waals surface area contributed by atoms with Gasteiger partial charge in [-0.2, -0.15) is 0 Å². The van der Waals surface area contributed by atoms with Gasteiger partial charge in [0.05, 0.1) is 32.3 Å². The van der Waals surface area contributed by atoms with Gasteiger partial charge in [-0.3, -0.25) is 9.69 Å². The molecule has 0 amide bonds. The molecular formula is C18H19N3O3S. The van der Waals surface area contributed by atoms with E-state index in [1.807, 2.05) is 29.6 Å². The fourth-order valence-electron chi connectivity index (χ4n) is 3.10. The first-order chi connectivity index (χ1) is 12.3. The summed E-state index contributed by atoms with van der Waals surface area (Å²) < 4.78 is 10.8. The van der Waals surface area contributed by atoms with E-state index in [0.717, 1.165) is 48.0 Å². The van der Waals surface area contributed by atoms with Crippen LogP contribution in [0.1, 0.15) is 5.82 Å². The van der Waals surface area contributed by atoms with E-state index in [-0.39, 0.29) is 5.56 Å². The number of rotatable bonds is 4. The van der Waals surface area contributed by atoms with Crippen molar-refractivity contribution in [2.24, 2.45) is 0 Å². The van der Waals surface area contributed by atoms with Gasteiger partial charge < -0.3 is 14.5 Å². The molecular weight excluding hydrogens is 338 g/mol. The van der Waals surface area contributed by atoms with Crippen LogP contribution in [-0.2, 0) is 11.3 Å². The van der Waals surface area contributed by atoms with E-state index >= 15 is 0 Å². The van der Waals surface area contributed by atoms with Crippen LogP contribution in [0.25, 0.3) is 21.3 Å². The summed E-state index contributed by atoms with van der Waals surface area (Å²) in [6.07, 6.45) is 0. The SMILES string of the molecule is COc1ccccc1-c1csc2nc(CN3CCOCC3)[nH]c(=O)c12. The minimum atomic E-state index is -0.101. The number of methoxy groups -OCH3 is 1. The Morgan fingerprint density at radius 2 is 2.08 bits per heavy atom.